The van der Waals surface area contributed by atoms with Crippen molar-refractivity contribution >= 4 is 34.7 Å². The lowest BCUT2D eigenvalue weighted by Gasteiger charge is -2.09. The van der Waals surface area contributed by atoms with Crippen molar-refractivity contribution in [3.8, 4) is 0 Å². The molecule has 1 aromatic heterocycles. The number of nitro groups is 1. The molecule has 0 aliphatic carbocycles. The van der Waals surface area contributed by atoms with Crippen molar-refractivity contribution in [1.82, 2.24) is 9.97 Å². The highest BCUT2D eigenvalue weighted by molar-refractivity contribution is 6.30. The van der Waals surface area contributed by atoms with Gasteiger partial charge in [-0.2, -0.15) is 4.98 Å². The summed E-state index contributed by atoms with van der Waals surface area (Å²) in [6.45, 7) is 1.57. The van der Waals surface area contributed by atoms with E-state index in [2.05, 4.69) is 20.6 Å². The SMILES string of the molecule is O=[N+]([O-])c1cnc(Nc2ccc(Cl)cc2)nc1NCCOCCOCCO. The van der Waals surface area contributed by atoms with Gasteiger partial charge in [-0.25, -0.2) is 4.98 Å². The molecule has 2 aromatic rings. The number of anilines is 3. The molecule has 10 nitrogen and oxygen atoms in total. The predicted molar refractivity (Wildman–Crippen MR) is 101 cm³/mol. The molecule has 3 N–H and O–H groups in total. The van der Waals surface area contributed by atoms with E-state index in [0.29, 0.717) is 37.1 Å². The molecule has 0 bridgehead atoms. The van der Waals surface area contributed by atoms with Gasteiger partial charge in [0.2, 0.25) is 11.8 Å². The third-order valence-corrected chi connectivity index (χ3v) is 3.46. The van der Waals surface area contributed by atoms with E-state index in [1.54, 1.807) is 24.3 Å². The highest BCUT2D eigenvalue weighted by Gasteiger charge is 2.17. The Kier molecular flexibility index (Phi) is 8.65. The normalized spacial score (nSPS) is 10.6. The third kappa shape index (κ3) is 7.31. The van der Waals surface area contributed by atoms with Crippen LogP contribution >= 0.6 is 11.6 Å². The number of hydrogen-bond acceptors (Lipinski definition) is 9. The first-order valence-electron chi connectivity index (χ1n) is 8.14. The van der Waals surface area contributed by atoms with Gasteiger partial charge in [0.05, 0.1) is 38.0 Å². The Hall–Kier alpha value is -2.53. The van der Waals surface area contributed by atoms with E-state index < -0.39 is 4.92 Å². The number of aliphatic hydroxyl groups excluding tert-OH is 1. The average molecular weight is 398 g/mol. The second kappa shape index (κ2) is 11.2. The van der Waals surface area contributed by atoms with Crippen molar-refractivity contribution in [3.05, 3.63) is 45.6 Å². The molecule has 0 saturated heterocycles. The fourth-order valence-electron chi connectivity index (χ4n) is 1.99. The van der Waals surface area contributed by atoms with Crippen LogP contribution < -0.4 is 10.6 Å². The summed E-state index contributed by atoms with van der Waals surface area (Å²) in [7, 11) is 0. The zero-order valence-corrected chi connectivity index (χ0v) is 15.2. The molecular formula is C16H20ClN5O5. The number of nitrogens with zero attached hydrogens (tertiary/aromatic N) is 3. The molecule has 0 unspecified atom stereocenters. The van der Waals surface area contributed by atoms with Gasteiger partial charge >= 0.3 is 5.69 Å². The maximum absolute atomic E-state index is 11.1. The molecule has 2 rings (SSSR count). The van der Waals surface area contributed by atoms with E-state index >= 15 is 0 Å². The second-order valence-electron chi connectivity index (χ2n) is 5.19. The Morgan fingerprint density at radius 2 is 1.85 bits per heavy atom. The molecular weight excluding hydrogens is 378 g/mol. The van der Waals surface area contributed by atoms with Crippen LogP contribution in [-0.4, -0.2) is 59.6 Å². The predicted octanol–water partition coefficient (Wildman–Crippen LogP) is 2.22. The summed E-state index contributed by atoms with van der Waals surface area (Å²) < 4.78 is 10.4. The summed E-state index contributed by atoms with van der Waals surface area (Å²) in [5, 5.41) is 26.1. The lowest BCUT2D eigenvalue weighted by atomic mass is 10.3. The smallest absolute Gasteiger partial charge is 0.329 e. The summed E-state index contributed by atoms with van der Waals surface area (Å²) in [6, 6.07) is 6.89. The second-order valence-corrected chi connectivity index (χ2v) is 5.63. The molecule has 0 spiro atoms. The zero-order valence-electron chi connectivity index (χ0n) is 14.4. The van der Waals surface area contributed by atoms with Crippen LogP contribution in [0.4, 0.5) is 23.1 Å². The van der Waals surface area contributed by atoms with Crippen LogP contribution in [0.5, 0.6) is 0 Å². The van der Waals surface area contributed by atoms with Crippen LogP contribution in [0.25, 0.3) is 0 Å². The van der Waals surface area contributed by atoms with Crippen LogP contribution in [0.1, 0.15) is 0 Å². The zero-order chi connectivity index (χ0) is 19.5. The van der Waals surface area contributed by atoms with E-state index in [9.17, 15) is 10.1 Å². The number of benzene rings is 1. The van der Waals surface area contributed by atoms with Gasteiger partial charge in [0.15, 0.2) is 0 Å². The number of ether oxygens (including phenoxy) is 2. The molecule has 0 aliphatic heterocycles. The minimum absolute atomic E-state index is 0.0364. The first kappa shape index (κ1) is 20.8. The number of nitrogens with one attached hydrogen (secondary N) is 2. The average Bonchev–Trinajstić information content (AvgIpc) is 2.66. The molecule has 0 fully saturated rings. The summed E-state index contributed by atoms with van der Waals surface area (Å²) >= 11 is 5.84. The Balaban J connectivity index is 1.90. The van der Waals surface area contributed by atoms with Gasteiger partial charge in [0.25, 0.3) is 0 Å². The molecule has 0 radical (unpaired) electrons. The highest BCUT2D eigenvalue weighted by atomic mass is 35.5. The molecule has 11 heteroatoms. The van der Waals surface area contributed by atoms with Gasteiger partial charge in [0.1, 0.15) is 6.20 Å². The van der Waals surface area contributed by atoms with Gasteiger partial charge in [-0.1, -0.05) is 11.6 Å². The summed E-state index contributed by atoms with van der Waals surface area (Å²) in [5.41, 5.74) is 0.466. The monoisotopic (exact) mass is 397 g/mol. The van der Waals surface area contributed by atoms with Gasteiger partial charge in [0, 0.05) is 17.3 Å². The fourth-order valence-corrected chi connectivity index (χ4v) is 2.12. The van der Waals surface area contributed by atoms with Gasteiger partial charge < -0.3 is 25.2 Å². The van der Waals surface area contributed by atoms with Crippen molar-refractivity contribution in [2.24, 2.45) is 0 Å². The van der Waals surface area contributed by atoms with Crippen molar-refractivity contribution in [3.63, 3.8) is 0 Å². The van der Waals surface area contributed by atoms with E-state index in [4.69, 9.17) is 26.2 Å². The Morgan fingerprint density at radius 3 is 2.52 bits per heavy atom. The van der Waals surface area contributed by atoms with Gasteiger partial charge in [-0.15, -0.1) is 0 Å². The number of hydrogen-bond donors (Lipinski definition) is 3. The van der Waals surface area contributed by atoms with Gasteiger partial charge in [-0.3, -0.25) is 10.1 Å². The quantitative estimate of drug-likeness (QED) is 0.280. The van der Waals surface area contributed by atoms with Crippen LogP contribution in [-0.2, 0) is 9.47 Å². The van der Waals surface area contributed by atoms with Crippen molar-refractivity contribution in [1.29, 1.82) is 0 Å². The van der Waals surface area contributed by atoms with Crippen LogP contribution in [0.3, 0.4) is 0 Å². The first-order chi connectivity index (χ1) is 13.1. The number of halogens is 1. The minimum atomic E-state index is -0.558. The molecule has 0 aliphatic rings. The Bertz CT molecular complexity index is 732. The number of rotatable bonds is 12. The molecule has 1 heterocycles. The number of aliphatic hydroxyl groups is 1. The maximum Gasteiger partial charge on any atom is 0.329 e. The van der Waals surface area contributed by atoms with E-state index in [1.807, 2.05) is 0 Å². The summed E-state index contributed by atoms with van der Waals surface area (Å²) in [6.07, 6.45) is 1.14. The van der Waals surface area contributed by atoms with Crippen LogP contribution in [0.15, 0.2) is 30.5 Å². The van der Waals surface area contributed by atoms with E-state index in [1.165, 1.54) is 0 Å². The standard InChI is InChI=1S/C16H20ClN5O5/c17-12-1-3-13(4-2-12)20-16-19-11-14(22(24)25)15(21-16)18-5-7-26-9-10-27-8-6-23/h1-4,11,23H,5-10H2,(H2,18,19,20,21). The topological polar surface area (TPSA) is 132 Å². The molecule has 0 amide bonds. The molecule has 0 saturated carbocycles. The van der Waals surface area contributed by atoms with Crippen molar-refractivity contribution in [2.75, 3.05) is 50.2 Å². The maximum atomic E-state index is 11.1. The molecule has 1 aromatic carbocycles. The van der Waals surface area contributed by atoms with Gasteiger partial charge in [-0.05, 0) is 24.3 Å². The Labute approximate surface area is 160 Å². The fraction of sp³-hybridized carbons (Fsp3) is 0.375. The largest absolute Gasteiger partial charge is 0.394 e. The van der Waals surface area contributed by atoms with Crippen LogP contribution in [0.2, 0.25) is 5.02 Å². The third-order valence-electron chi connectivity index (χ3n) is 3.21. The van der Waals surface area contributed by atoms with E-state index in [0.717, 1.165) is 6.20 Å². The van der Waals surface area contributed by atoms with E-state index in [-0.39, 0.29) is 30.7 Å². The summed E-state index contributed by atoms with van der Waals surface area (Å²) in [5.74, 6) is 0.301. The summed E-state index contributed by atoms with van der Waals surface area (Å²) in [4.78, 5) is 18.7. The minimum Gasteiger partial charge on any atom is -0.394 e. The van der Waals surface area contributed by atoms with Crippen LogP contribution in [0, 0.1) is 10.1 Å². The van der Waals surface area contributed by atoms with Crippen molar-refractivity contribution in [2.45, 2.75) is 0 Å². The molecule has 146 valence electrons. The molecule has 0 atom stereocenters. The molecule has 27 heavy (non-hydrogen) atoms. The lowest BCUT2D eigenvalue weighted by molar-refractivity contribution is -0.384. The first-order valence-corrected chi connectivity index (χ1v) is 8.52. The number of aromatic nitrogens is 2. The Morgan fingerprint density at radius 1 is 1.15 bits per heavy atom. The lowest BCUT2D eigenvalue weighted by Crippen LogP contribution is -2.15. The highest BCUT2D eigenvalue weighted by Crippen LogP contribution is 2.23. The van der Waals surface area contributed by atoms with Crippen molar-refractivity contribution < 1.29 is 19.5 Å².